The first kappa shape index (κ1) is 21.1. The first-order chi connectivity index (χ1) is 15.5. The van der Waals surface area contributed by atoms with Gasteiger partial charge >= 0.3 is 0 Å². The van der Waals surface area contributed by atoms with E-state index in [-0.39, 0.29) is 29.6 Å². The van der Waals surface area contributed by atoms with Gasteiger partial charge in [0, 0.05) is 38.6 Å². The number of fused-ring (bicyclic) bond motifs is 1. The van der Waals surface area contributed by atoms with Gasteiger partial charge in [-0.15, -0.1) is 10.2 Å². The summed E-state index contributed by atoms with van der Waals surface area (Å²) in [6.45, 7) is 5.08. The molecule has 1 aromatic heterocycles. The molecule has 2 unspecified atom stereocenters. The van der Waals surface area contributed by atoms with Crippen molar-refractivity contribution in [3.8, 4) is 0 Å². The molecular formula is C23H27N5O3S. The monoisotopic (exact) mass is 453 g/mol. The Balaban J connectivity index is 1.25. The summed E-state index contributed by atoms with van der Waals surface area (Å²) in [5.41, 5.74) is 0.943. The highest BCUT2D eigenvalue weighted by molar-refractivity contribution is 7.15. The first-order valence-corrected chi connectivity index (χ1v) is 12.1. The fraction of sp³-hybridized carbons (Fsp3) is 0.522. The van der Waals surface area contributed by atoms with Crippen LogP contribution in [0.5, 0.6) is 0 Å². The van der Waals surface area contributed by atoms with Gasteiger partial charge in [-0.3, -0.25) is 19.3 Å². The van der Waals surface area contributed by atoms with Crippen molar-refractivity contribution in [3.63, 3.8) is 0 Å². The molecule has 8 nitrogen and oxygen atoms in total. The van der Waals surface area contributed by atoms with Crippen molar-refractivity contribution in [2.45, 2.75) is 32.6 Å². The van der Waals surface area contributed by atoms with Gasteiger partial charge in [0.05, 0.1) is 11.1 Å². The molecule has 32 heavy (non-hydrogen) atoms. The summed E-state index contributed by atoms with van der Waals surface area (Å²) in [5.74, 6) is -0.420. The maximum absolute atomic E-state index is 13.5. The van der Waals surface area contributed by atoms with Crippen LogP contribution in [-0.4, -0.2) is 70.4 Å². The van der Waals surface area contributed by atoms with Gasteiger partial charge in [0.15, 0.2) is 0 Å². The van der Waals surface area contributed by atoms with E-state index in [1.165, 1.54) is 4.90 Å². The van der Waals surface area contributed by atoms with Gasteiger partial charge in [-0.1, -0.05) is 36.3 Å². The average molecular weight is 454 g/mol. The summed E-state index contributed by atoms with van der Waals surface area (Å²) in [6, 6.07) is 6.97. The lowest BCUT2D eigenvalue weighted by molar-refractivity contribution is -0.139. The number of amides is 3. The topological polar surface area (TPSA) is 86.7 Å². The number of hydrogen-bond donors (Lipinski definition) is 0. The predicted octanol–water partition coefficient (Wildman–Crippen LogP) is 2.60. The van der Waals surface area contributed by atoms with Crippen LogP contribution < -0.4 is 4.90 Å². The number of imide groups is 1. The maximum atomic E-state index is 13.5. The van der Waals surface area contributed by atoms with Crippen LogP contribution in [-0.2, 0) is 4.79 Å². The van der Waals surface area contributed by atoms with Gasteiger partial charge in [0.2, 0.25) is 11.0 Å². The third kappa shape index (κ3) is 3.79. The van der Waals surface area contributed by atoms with Gasteiger partial charge in [0.25, 0.3) is 11.8 Å². The van der Waals surface area contributed by atoms with Crippen LogP contribution in [0.15, 0.2) is 24.3 Å². The standard InChI is InChI=1S/C23H27N5O3S/c1-15-24-25-23(32-15)27-12-10-26(11-13-27)20(29)17-7-3-2-6-16(17)14-28-21(30)18-8-4-5-9-19(18)22(28)31/h4-5,8-9,16-17H,2-3,6-7,10-14H2,1H3. The average Bonchev–Trinajstić information content (AvgIpc) is 3.36. The molecule has 1 saturated carbocycles. The van der Waals surface area contributed by atoms with Crippen molar-refractivity contribution < 1.29 is 14.4 Å². The van der Waals surface area contributed by atoms with Crippen LogP contribution in [0.25, 0.3) is 0 Å². The molecular weight excluding hydrogens is 426 g/mol. The molecule has 3 amide bonds. The Morgan fingerprint density at radius 2 is 1.66 bits per heavy atom. The van der Waals surface area contributed by atoms with Crippen LogP contribution in [0.1, 0.15) is 51.4 Å². The third-order valence-electron chi connectivity index (χ3n) is 6.90. The molecule has 3 heterocycles. The number of nitrogens with zero attached hydrogens (tertiary/aromatic N) is 5. The fourth-order valence-electron chi connectivity index (χ4n) is 5.16. The molecule has 5 rings (SSSR count). The van der Waals surface area contributed by atoms with E-state index in [1.54, 1.807) is 35.6 Å². The largest absolute Gasteiger partial charge is 0.343 e. The van der Waals surface area contributed by atoms with Crippen molar-refractivity contribution in [3.05, 3.63) is 40.4 Å². The molecule has 2 aliphatic heterocycles. The summed E-state index contributed by atoms with van der Waals surface area (Å²) < 4.78 is 0. The molecule has 0 N–H and O–H groups in total. The molecule has 2 aromatic rings. The molecule has 2 atom stereocenters. The molecule has 1 aliphatic carbocycles. The normalized spacial score (nSPS) is 23.6. The second-order valence-corrected chi connectivity index (χ2v) is 9.99. The van der Waals surface area contributed by atoms with Crippen LogP contribution in [0.3, 0.4) is 0 Å². The predicted molar refractivity (Wildman–Crippen MR) is 121 cm³/mol. The highest BCUT2D eigenvalue weighted by Gasteiger charge is 2.41. The van der Waals surface area contributed by atoms with Crippen molar-refractivity contribution in [2.24, 2.45) is 11.8 Å². The van der Waals surface area contributed by atoms with E-state index in [2.05, 4.69) is 15.1 Å². The van der Waals surface area contributed by atoms with Crippen LogP contribution in [0, 0.1) is 18.8 Å². The number of aryl methyl sites for hydroxylation is 1. The second-order valence-electron chi connectivity index (χ2n) is 8.83. The fourth-order valence-corrected chi connectivity index (χ4v) is 5.90. The lowest BCUT2D eigenvalue weighted by Crippen LogP contribution is -2.52. The zero-order valence-corrected chi connectivity index (χ0v) is 19.0. The Bertz CT molecular complexity index is 1010. The Labute approximate surface area is 191 Å². The SMILES string of the molecule is Cc1nnc(N2CCN(C(=O)C3CCCCC3CN3C(=O)c4ccccc4C3=O)CC2)s1. The van der Waals surface area contributed by atoms with E-state index < -0.39 is 0 Å². The molecule has 1 aromatic carbocycles. The van der Waals surface area contributed by atoms with E-state index in [9.17, 15) is 14.4 Å². The van der Waals surface area contributed by atoms with Crippen molar-refractivity contribution in [1.29, 1.82) is 0 Å². The minimum Gasteiger partial charge on any atom is -0.343 e. The van der Waals surface area contributed by atoms with E-state index in [4.69, 9.17) is 0 Å². The van der Waals surface area contributed by atoms with Gasteiger partial charge < -0.3 is 9.80 Å². The number of hydrogen-bond acceptors (Lipinski definition) is 7. The van der Waals surface area contributed by atoms with Gasteiger partial charge in [-0.2, -0.15) is 0 Å². The highest BCUT2D eigenvalue weighted by Crippen LogP contribution is 2.35. The Hall–Kier alpha value is -2.81. The number of anilines is 1. The van der Waals surface area contributed by atoms with E-state index in [1.807, 2.05) is 11.8 Å². The number of carbonyl (C=O) groups excluding carboxylic acids is 3. The number of rotatable bonds is 4. The van der Waals surface area contributed by atoms with Gasteiger partial charge in [-0.25, -0.2) is 0 Å². The molecule has 168 valence electrons. The highest BCUT2D eigenvalue weighted by atomic mass is 32.1. The quantitative estimate of drug-likeness (QED) is 0.662. The van der Waals surface area contributed by atoms with Gasteiger partial charge in [-0.05, 0) is 37.8 Å². The first-order valence-electron chi connectivity index (χ1n) is 11.3. The lowest BCUT2D eigenvalue weighted by Gasteiger charge is -2.39. The summed E-state index contributed by atoms with van der Waals surface area (Å²) in [5, 5.41) is 10.2. The van der Waals surface area contributed by atoms with Gasteiger partial charge in [0.1, 0.15) is 5.01 Å². The van der Waals surface area contributed by atoms with E-state index >= 15 is 0 Å². The van der Waals surface area contributed by atoms with Crippen LogP contribution in [0.4, 0.5) is 5.13 Å². The Kier molecular flexibility index (Phi) is 5.67. The lowest BCUT2D eigenvalue weighted by atomic mass is 9.78. The zero-order chi connectivity index (χ0) is 22.2. The van der Waals surface area contributed by atoms with Crippen LogP contribution in [0.2, 0.25) is 0 Å². The van der Waals surface area contributed by atoms with E-state index in [0.717, 1.165) is 48.9 Å². The van der Waals surface area contributed by atoms with E-state index in [0.29, 0.717) is 30.8 Å². The molecule has 2 fully saturated rings. The van der Waals surface area contributed by atoms with Crippen LogP contribution >= 0.6 is 11.3 Å². The minimum atomic E-state index is -0.233. The third-order valence-corrected chi connectivity index (χ3v) is 7.80. The minimum absolute atomic E-state index is 0.0160. The van der Waals surface area contributed by atoms with Crippen molar-refractivity contribution in [2.75, 3.05) is 37.6 Å². The maximum Gasteiger partial charge on any atom is 0.261 e. The second kappa shape index (κ2) is 8.61. The number of aromatic nitrogens is 2. The van der Waals surface area contributed by atoms with Crippen molar-refractivity contribution in [1.82, 2.24) is 20.0 Å². The molecule has 0 bridgehead atoms. The molecule has 9 heteroatoms. The smallest absolute Gasteiger partial charge is 0.261 e. The molecule has 0 spiro atoms. The molecule has 0 radical (unpaired) electrons. The molecule has 3 aliphatic rings. The summed E-state index contributed by atoms with van der Waals surface area (Å²) in [6.07, 6.45) is 3.73. The summed E-state index contributed by atoms with van der Waals surface area (Å²) in [4.78, 5) is 44.6. The summed E-state index contributed by atoms with van der Waals surface area (Å²) in [7, 11) is 0. The number of benzene rings is 1. The Morgan fingerprint density at radius 1 is 1.00 bits per heavy atom. The number of piperazine rings is 1. The Morgan fingerprint density at radius 3 is 2.28 bits per heavy atom. The molecule has 1 saturated heterocycles. The van der Waals surface area contributed by atoms with Crippen molar-refractivity contribution >= 4 is 34.2 Å². The summed E-state index contributed by atoms with van der Waals surface area (Å²) >= 11 is 1.58. The zero-order valence-electron chi connectivity index (χ0n) is 18.2. The number of carbonyl (C=O) groups is 3.